The van der Waals surface area contributed by atoms with Crippen LogP contribution in [0.15, 0.2) is 5.38 Å². The summed E-state index contributed by atoms with van der Waals surface area (Å²) in [6, 6.07) is -0.907. The van der Waals surface area contributed by atoms with Gasteiger partial charge in [0.15, 0.2) is 6.10 Å². The van der Waals surface area contributed by atoms with Crippen molar-refractivity contribution in [1.82, 2.24) is 20.5 Å². The molecule has 2 amide bonds. The average Bonchev–Trinajstić information content (AvgIpc) is 3.24. The summed E-state index contributed by atoms with van der Waals surface area (Å²) in [5.74, 6) is -0.843. The van der Waals surface area contributed by atoms with Gasteiger partial charge in [0.1, 0.15) is 11.0 Å². The van der Waals surface area contributed by atoms with Gasteiger partial charge in [-0.05, 0) is 38.3 Å². The zero-order valence-corrected chi connectivity index (χ0v) is 23.1. The van der Waals surface area contributed by atoms with E-state index in [1.54, 1.807) is 11.9 Å². The van der Waals surface area contributed by atoms with E-state index in [4.69, 9.17) is 4.74 Å². The van der Waals surface area contributed by atoms with Crippen LogP contribution in [0.4, 0.5) is 0 Å². The van der Waals surface area contributed by atoms with Gasteiger partial charge in [-0.15, -0.1) is 11.3 Å². The topological polar surface area (TPSA) is 121 Å². The van der Waals surface area contributed by atoms with Crippen LogP contribution in [0.3, 0.4) is 0 Å². The van der Waals surface area contributed by atoms with E-state index in [9.17, 15) is 19.5 Å². The summed E-state index contributed by atoms with van der Waals surface area (Å²) in [7, 11) is 3.64. The number of aromatic nitrogens is 1. The molecular formula is C25H44N4O5S. The predicted molar refractivity (Wildman–Crippen MR) is 138 cm³/mol. The minimum absolute atomic E-state index is 0.0359. The van der Waals surface area contributed by atoms with Crippen molar-refractivity contribution >= 4 is 29.1 Å². The molecule has 1 aromatic rings. The normalized spacial score (nSPS) is 14.7. The van der Waals surface area contributed by atoms with E-state index in [0.29, 0.717) is 17.8 Å². The third-order valence-electron chi connectivity index (χ3n) is 6.29. The SMILES string of the molecule is CCC(C)C(NC(=O)CCCCCNC)C(=O)N(C)C(CC(OC(C)=O)c1nc(O)cs1)C(C)C. The molecule has 0 aromatic carbocycles. The highest BCUT2D eigenvalue weighted by molar-refractivity contribution is 7.09. The van der Waals surface area contributed by atoms with E-state index in [1.807, 2.05) is 34.7 Å². The summed E-state index contributed by atoms with van der Waals surface area (Å²) in [6.45, 7) is 10.2. The van der Waals surface area contributed by atoms with Gasteiger partial charge in [-0.25, -0.2) is 4.98 Å². The lowest BCUT2D eigenvalue weighted by Crippen LogP contribution is -2.54. The Hall–Kier alpha value is -2.20. The largest absolute Gasteiger partial charge is 0.493 e. The van der Waals surface area contributed by atoms with E-state index < -0.39 is 18.1 Å². The quantitative estimate of drug-likeness (QED) is 0.228. The average molecular weight is 513 g/mol. The van der Waals surface area contributed by atoms with Gasteiger partial charge in [-0.1, -0.05) is 40.5 Å². The lowest BCUT2D eigenvalue weighted by Gasteiger charge is -2.37. The van der Waals surface area contributed by atoms with E-state index >= 15 is 0 Å². The zero-order valence-electron chi connectivity index (χ0n) is 22.3. The van der Waals surface area contributed by atoms with Gasteiger partial charge in [0, 0.05) is 32.9 Å². The number of unbranched alkanes of at least 4 members (excludes halogenated alkanes) is 2. The molecule has 0 aliphatic carbocycles. The molecule has 0 spiro atoms. The molecule has 0 fully saturated rings. The van der Waals surface area contributed by atoms with Gasteiger partial charge < -0.3 is 25.4 Å². The maximum absolute atomic E-state index is 13.6. The first-order chi connectivity index (χ1) is 16.5. The highest BCUT2D eigenvalue weighted by Gasteiger charge is 2.35. The molecule has 0 radical (unpaired) electrons. The monoisotopic (exact) mass is 512 g/mol. The molecule has 0 aliphatic heterocycles. The molecule has 1 aromatic heterocycles. The number of amides is 2. The minimum Gasteiger partial charge on any atom is -0.493 e. The number of nitrogens with one attached hydrogen (secondary N) is 2. The number of hydrogen-bond acceptors (Lipinski definition) is 8. The molecule has 9 nitrogen and oxygen atoms in total. The first-order valence-corrected chi connectivity index (χ1v) is 13.4. The Balaban J connectivity index is 2.98. The fourth-order valence-corrected chi connectivity index (χ4v) is 4.72. The van der Waals surface area contributed by atoms with E-state index in [1.165, 1.54) is 23.6 Å². The third-order valence-corrected chi connectivity index (χ3v) is 7.21. The Kier molecular flexibility index (Phi) is 13.9. The molecule has 0 saturated heterocycles. The Morgan fingerprint density at radius 1 is 1.20 bits per heavy atom. The summed E-state index contributed by atoms with van der Waals surface area (Å²) >= 11 is 1.21. The van der Waals surface area contributed by atoms with Crippen LogP contribution in [0, 0.1) is 11.8 Å². The van der Waals surface area contributed by atoms with Gasteiger partial charge in [0.25, 0.3) is 0 Å². The molecule has 10 heteroatoms. The van der Waals surface area contributed by atoms with Crippen LogP contribution in [-0.4, -0.2) is 65.5 Å². The minimum atomic E-state index is -0.685. The lowest BCUT2D eigenvalue weighted by molar-refractivity contribution is -0.149. The number of rotatable bonds is 16. The van der Waals surface area contributed by atoms with Crippen molar-refractivity contribution < 1.29 is 24.2 Å². The molecule has 0 saturated carbocycles. The molecule has 35 heavy (non-hydrogen) atoms. The van der Waals surface area contributed by atoms with Crippen molar-refractivity contribution in [3.63, 3.8) is 0 Å². The van der Waals surface area contributed by atoms with Crippen LogP contribution in [-0.2, 0) is 19.1 Å². The summed E-state index contributed by atoms with van der Waals surface area (Å²) in [5, 5.41) is 17.7. The van der Waals surface area contributed by atoms with Crippen molar-refractivity contribution in [2.24, 2.45) is 11.8 Å². The van der Waals surface area contributed by atoms with Crippen molar-refractivity contribution in [1.29, 1.82) is 0 Å². The lowest BCUT2D eigenvalue weighted by atomic mass is 9.93. The number of likely N-dealkylation sites (N-methyl/N-ethyl adjacent to an activating group) is 1. The van der Waals surface area contributed by atoms with Gasteiger partial charge in [0.05, 0.1) is 5.38 Å². The summed E-state index contributed by atoms with van der Waals surface area (Å²) in [4.78, 5) is 43.8. The number of hydrogen-bond donors (Lipinski definition) is 3. The molecule has 200 valence electrons. The second-order valence-corrected chi connectivity index (χ2v) is 10.4. The number of esters is 1. The van der Waals surface area contributed by atoms with Crippen LogP contribution in [0.2, 0.25) is 0 Å². The van der Waals surface area contributed by atoms with Crippen LogP contribution < -0.4 is 10.6 Å². The molecule has 4 atom stereocenters. The van der Waals surface area contributed by atoms with Crippen LogP contribution >= 0.6 is 11.3 Å². The highest BCUT2D eigenvalue weighted by Crippen LogP contribution is 2.32. The van der Waals surface area contributed by atoms with Crippen molar-refractivity contribution in [2.45, 2.75) is 91.3 Å². The molecule has 1 heterocycles. The zero-order chi connectivity index (χ0) is 26.5. The van der Waals surface area contributed by atoms with Gasteiger partial charge in [-0.2, -0.15) is 0 Å². The standard InChI is InChI=1S/C25H44N4O5S/c1-8-17(4)23(27-21(31)12-10-9-11-13-26-6)25(33)29(7)19(16(2)3)14-20(34-18(5)30)24-28-22(32)15-35-24/h15-17,19-20,23,26,32H,8-14H2,1-7H3,(H,27,31). The molecule has 3 N–H and O–H groups in total. The first kappa shape index (κ1) is 30.8. The smallest absolute Gasteiger partial charge is 0.303 e. The Bertz CT molecular complexity index is 801. The van der Waals surface area contributed by atoms with E-state index in [-0.39, 0.29) is 35.6 Å². The Labute approximate surface area is 214 Å². The number of ether oxygens (including phenoxy) is 1. The molecule has 1 rings (SSSR count). The Morgan fingerprint density at radius 2 is 1.89 bits per heavy atom. The number of carbonyl (C=O) groups is 3. The highest BCUT2D eigenvalue weighted by atomic mass is 32.1. The van der Waals surface area contributed by atoms with E-state index in [0.717, 1.165) is 32.2 Å². The second kappa shape index (κ2) is 15.7. The molecule has 0 bridgehead atoms. The number of carbonyl (C=O) groups excluding carboxylic acids is 3. The molecular weight excluding hydrogens is 468 g/mol. The number of nitrogens with zero attached hydrogens (tertiary/aromatic N) is 2. The maximum atomic E-state index is 13.6. The number of aromatic hydroxyl groups is 1. The van der Waals surface area contributed by atoms with E-state index in [2.05, 4.69) is 15.6 Å². The fourth-order valence-electron chi connectivity index (χ4n) is 4.00. The fraction of sp³-hybridized carbons (Fsp3) is 0.760. The summed E-state index contributed by atoms with van der Waals surface area (Å²) < 4.78 is 5.51. The van der Waals surface area contributed by atoms with Gasteiger partial charge in [-0.3, -0.25) is 14.4 Å². The van der Waals surface area contributed by atoms with Crippen molar-refractivity contribution in [3.05, 3.63) is 10.4 Å². The van der Waals surface area contributed by atoms with Gasteiger partial charge in [0.2, 0.25) is 17.7 Å². The van der Waals surface area contributed by atoms with Crippen LogP contribution in [0.5, 0.6) is 5.88 Å². The molecule has 4 unspecified atom stereocenters. The third kappa shape index (κ3) is 10.5. The Morgan fingerprint density at radius 3 is 2.40 bits per heavy atom. The van der Waals surface area contributed by atoms with Crippen molar-refractivity contribution in [2.75, 3.05) is 20.6 Å². The van der Waals surface area contributed by atoms with Gasteiger partial charge >= 0.3 is 5.97 Å². The molecule has 0 aliphatic rings. The van der Waals surface area contributed by atoms with Crippen LogP contribution in [0.1, 0.15) is 84.3 Å². The van der Waals surface area contributed by atoms with Crippen LogP contribution in [0.25, 0.3) is 0 Å². The maximum Gasteiger partial charge on any atom is 0.303 e. The predicted octanol–water partition coefficient (Wildman–Crippen LogP) is 3.64. The van der Waals surface area contributed by atoms with Crippen molar-refractivity contribution in [3.8, 4) is 5.88 Å². The second-order valence-electron chi connectivity index (χ2n) is 9.48. The summed E-state index contributed by atoms with van der Waals surface area (Å²) in [5.41, 5.74) is 0. The summed E-state index contributed by atoms with van der Waals surface area (Å²) in [6.07, 6.45) is 3.53. The number of thiazole rings is 1. The first-order valence-electron chi connectivity index (χ1n) is 12.5.